The molecule has 1 aromatic carbocycles. The fraction of sp³-hybridized carbons (Fsp3) is 0.154. The van der Waals surface area contributed by atoms with E-state index >= 15 is 0 Å². The SMILES string of the molecule is CSC1=NC(=Cc2ccc(OCC(=O)[O-])cc2)C(=O)S1. The number of hydrogen-bond acceptors (Lipinski definition) is 7. The summed E-state index contributed by atoms with van der Waals surface area (Å²) in [7, 11) is 0. The molecule has 20 heavy (non-hydrogen) atoms. The Morgan fingerprint density at radius 3 is 2.70 bits per heavy atom. The highest BCUT2D eigenvalue weighted by molar-refractivity contribution is 8.45. The Labute approximate surface area is 124 Å². The van der Waals surface area contributed by atoms with Crippen molar-refractivity contribution in [3.05, 3.63) is 35.5 Å². The first-order valence-electron chi connectivity index (χ1n) is 5.58. The lowest BCUT2D eigenvalue weighted by molar-refractivity contribution is -0.307. The van der Waals surface area contributed by atoms with Gasteiger partial charge < -0.3 is 14.6 Å². The van der Waals surface area contributed by atoms with Gasteiger partial charge in [0.25, 0.3) is 0 Å². The van der Waals surface area contributed by atoms with Crippen LogP contribution in [0.25, 0.3) is 6.08 Å². The first kappa shape index (κ1) is 14.7. The van der Waals surface area contributed by atoms with E-state index in [1.54, 1.807) is 30.3 Å². The summed E-state index contributed by atoms with van der Waals surface area (Å²) in [6, 6.07) is 6.70. The van der Waals surface area contributed by atoms with Crippen molar-refractivity contribution in [3.63, 3.8) is 0 Å². The van der Waals surface area contributed by atoms with Crippen LogP contribution in [0.1, 0.15) is 5.56 Å². The quantitative estimate of drug-likeness (QED) is 0.776. The average molecular weight is 308 g/mol. The van der Waals surface area contributed by atoms with E-state index < -0.39 is 12.6 Å². The maximum Gasteiger partial charge on any atom is 0.244 e. The van der Waals surface area contributed by atoms with E-state index in [-0.39, 0.29) is 5.12 Å². The first-order valence-corrected chi connectivity index (χ1v) is 7.62. The maximum atomic E-state index is 11.7. The first-order chi connectivity index (χ1) is 9.58. The van der Waals surface area contributed by atoms with Gasteiger partial charge in [-0.2, -0.15) is 0 Å². The van der Waals surface area contributed by atoms with Crippen molar-refractivity contribution in [2.45, 2.75) is 0 Å². The van der Waals surface area contributed by atoms with Crippen LogP contribution in [0.5, 0.6) is 5.75 Å². The van der Waals surface area contributed by atoms with Crippen LogP contribution >= 0.6 is 23.5 Å². The third kappa shape index (κ3) is 3.88. The van der Waals surface area contributed by atoms with Crippen LogP contribution in [0.15, 0.2) is 35.0 Å². The van der Waals surface area contributed by atoms with Crippen molar-refractivity contribution in [3.8, 4) is 5.75 Å². The molecule has 1 aliphatic rings. The van der Waals surface area contributed by atoms with Crippen molar-refractivity contribution in [2.24, 2.45) is 4.99 Å². The van der Waals surface area contributed by atoms with Gasteiger partial charge in [-0.05, 0) is 41.8 Å². The van der Waals surface area contributed by atoms with Gasteiger partial charge in [-0.1, -0.05) is 12.1 Å². The third-order valence-corrected chi connectivity index (χ3v) is 4.17. The van der Waals surface area contributed by atoms with Crippen LogP contribution in [0.2, 0.25) is 0 Å². The summed E-state index contributed by atoms with van der Waals surface area (Å²) in [5, 5.41) is 10.2. The van der Waals surface area contributed by atoms with E-state index in [1.807, 2.05) is 6.26 Å². The topological polar surface area (TPSA) is 78.8 Å². The molecule has 1 aliphatic heterocycles. The molecule has 0 atom stereocenters. The highest BCUT2D eigenvalue weighted by Gasteiger charge is 2.21. The molecule has 0 aliphatic carbocycles. The fourth-order valence-electron chi connectivity index (χ4n) is 1.44. The molecule has 0 radical (unpaired) electrons. The minimum atomic E-state index is -1.27. The molecule has 1 aromatic rings. The predicted molar refractivity (Wildman–Crippen MR) is 78.5 cm³/mol. The Morgan fingerprint density at radius 1 is 1.45 bits per heavy atom. The van der Waals surface area contributed by atoms with Crippen molar-refractivity contribution < 1.29 is 19.4 Å². The van der Waals surface area contributed by atoms with Gasteiger partial charge in [0.2, 0.25) is 5.12 Å². The Morgan fingerprint density at radius 2 is 2.15 bits per heavy atom. The molecule has 5 nitrogen and oxygen atoms in total. The number of thioether (sulfide) groups is 2. The zero-order chi connectivity index (χ0) is 14.5. The lowest BCUT2D eigenvalue weighted by atomic mass is 10.2. The highest BCUT2D eigenvalue weighted by Crippen LogP contribution is 2.29. The largest absolute Gasteiger partial charge is 0.546 e. The molecular weight excluding hydrogens is 298 g/mol. The summed E-state index contributed by atoms with van der Waals surface area (Å²) >= 11 is 2.55. The van der Waals surface area contributed by atoms with Gasteiger partial charge in [-0.15, -0.1) is 11.8 Å². The van der Waals surface area contributed by atoms with Gasteiger partial charge >= 0.3 is 0 Å². The number of nitrogens with zero attached hydrogens (tertiary/aromatic N) is 1. The lowest BCUT2D eigenvalue weighted by Crippen LogP contribution is -2.28. The molecule has 0 unspecified atom stereocenters. The number of hydrogen-bond donors (Lipinski definition) is 0. The summed E-state index contributed by atoms with van der Waals surface area (Å²) in [6.07, 6.45) is 3.55. The Balaban J connectivity index is 2.09. The monoisotopic (exact) mass is 308 g/mol. The van der Waals surface area contributed by atoms with Crippen LogP contribution in [-0.2, 0) is 9.59 Å². The number of rotatable bonds is 4. The highest BCUT2D eigenvalue weighted by atomic mass is 32.2. The van der Waals surface area contributed by atoms with E-state index in [9.17, 15) is 14.7 Å². The van der Waals surface area contributed by atoms with Crippen molar-refractivity contribution >= 4 is 45.1 Å². The van der Waals surface area contributed by atoms with Gasteiger partial charge in [0.15, 0.2) is 0 Å². The number of carbonyl (C=O) groups is 2. The maximum absolute atomic E-state index is 11.7. The molecule has 0 spiro atoms. The van der Waals surface area contributed by atoms with Crippen LogP contribution in [0, 0.1) is 0 Å². The normalized spacial score (nSPS) is 16.4. The molecular formula is C13H10NO4S2-. The Kier molecular flexibility index (Phi) is 4.86. The average Bonchev–Trinajstić information content (AvgIpc) is 2.78. The van der Waals surface area contributed by atoms with E-state index in [2.05, 4.69) is 4.99 Å². The number of benzene rings is 1. The number of aliphatic carboxylic acids is 1. The predicted octanol–water partition coefficient (Wildman–Crippen LogP) is 1.15. The van der Waals surface area contributed by atoms with E-state index in [1.165, 1.54) is 11.8 Å². The minimum absolute atomic E-state index is 0.0772. The summed E-state index contributed by atoms with van der Waals surface area (Å²) in [6.45, 7) is -0.489. The third-order valence-electron chi connectivity index (χ3n) is 2.32. The molecule has 0 fully saturated rings. The molecule has 0 saturated carbocycles. The Hall–Kier alpha value is -1.73. The van der Waals surface area contributed by atoms with Crippen molar-refractivity contribution in [1.29, 1.82) is 0 Å². The number of ether oxygens (including phenoxy) is 1. The fourth-order valence-corrected chi connectivity index (χ4v) is 2.70. The molecule has 2 rings (SSSR count). The lowest BCUT2D eigenvalue weighted by Gasteiger charge is -2.06. The zero-order valence-corrected chi connectivity index (χ0v) is 12.1. The molecule has 0 amide bonds. The molecule has 0 bridgehead atoms. The van der Waals surface area contributed by atoms with Crippen LogP contribution in [0.4, 0.5) is 0 Å². The van der Waals surface area contributed by atoms with Crippen LogP contribution in [0.3, 0.4) is 0 Å². The number of carboxylic acids is 1. The zero-order valence-electron chi connectivity index (χ0n) is 10.5. The number of carbonyl (C=O) groups excluding carboxylic acids is 2. The van der Waals surface area contributed by atoms with E-state index in [4.69, 9.17) is 4.74 Å². The van der Waals surface area contributed by atoms with Gasteiger partial charge in [0, 0.05) is 0 Å². The van der Waals surface area contributed by atoms with Crippen molar-refractivity contribution in [1.82, 2.24) is 0 Å². The second-order valence-corrected chi connectivity index (χ2v) is 5.75. The van der Waals surface area contributed by atoms with Gasteiger partial charge in [-0.25, -0.2) is 4.99 Å². The van der Waals surface area contributed by atoms with E-state index in [0.29, 0.717) is 11.4 Å². The molecule has 0 N–H and O–H groups in total. The standard InChI is InChI=1S/C13H11NO4S2/c1-19-13-14-10(12(17)20-13)6-8-2-4-9(5-3-8)18-7-11(15)16/h2-6H,7H2,1H3,(H,15,16)/p-1. The second-order valence-electron chi connectivity index (χ2n) is 3.73. The summed E-state index contributed by atoms with van der Waals surface area (Å²) in [5.74, 6) is -0.847. The molecule has 0 saturated heterocycles. The molecule has 7 heteroatoms. The summed E-state index contributed by atoms with van der Waals surface area (Å²) < 4.78 is 5.69. The van der Waals surface area contributed by atoms with Crippen LogP contribution in [-0.4, -0.2) is 28.3 Å². The molecule has 0 aromatic heterocycles. The van der Waals surface area contributed by atoms with Gasteiger partial charge in [-0.3, -0.25) is 4.79 Å². The van der Waals surface area contributed by atoms with Gasteiger partial charge in [0.1, 0.15) is 22.4 Å². The molecule has 1 heterocycles. The second kappa shape index (κ2) is 6.62. The minimum Gasteiger partial charge on any atom is -0.546 e. The van der Waals surface area contributed by atoms with Crippen molar-refractivity contribution in [2.75, 3.05) is 12.9 Å². The molecule has 104 valence electrons. The number of carboxylic acid groups (broad SMARTS) is 1. The smallest absolute Gasteiger partial charge is 0.244 e. The van der Waals surface area contributed by atoms with Crippen LogP contribution < -0.4 is 9.84 Å². The van der Waals surface area contributed by atoms with E-state index in [0.717, 1.165) is 21.7 Å². The number of aliphatic imine (C=N–C) groups is 1. The summed E-state index contributed by atoms with van der Waals surface area (Å²) in [4.78, 5) is 26.1. The summed E-state index contributed by atoms with van der Waals surface area (Å²) in [5.41, 5.74) is 1.20. The van der Waals surface area contributed by atoms with Gasteiger partial charge in [0.05, 0.1) is 5.97 Å². The Bertz CT molecular complexity index is 593.